The van der Waals surface area contributed by atoms with E-state index in [0.717, 1.165) is 36.2 Å². The Kier molecular flexibility index (Phi) is 10.6. The largest absolute Gasteiger partial charge is 0.216 e. The molecule has 0 aromatic heterocycles. The molecular weight excluding hydrogens is 381 g/mol. The molecule has 31 heavy (non-hydrogen) atoms. The second-order valence-corrected chi connectivity index (χ2v) is 10.3. The van der Waals surface area contributed by atoms with Gasteiger partial charge in [0.15, 0.2) is 0 Å². The minimum Gasteiger partial charge on any atom is -0.216 e. The van der Waals surface area contributed by atoms with Gasteiger partial charge in [0.1, 0.15) is 0 Å². The fourth-order valence-corrected chi connectivity index (χ4v) is 6.01. The first kappa shape index (κ1) is 24.0. The summed E-state index contributed by atoms with van der Waals surface area (Å²) in [5, 5.41) is 8.97. The normalized spacial score (nSPS) is 26.7. The molecule has 0 heterocycles. The summed E-state index contributed by atoms with van der Waals surface area (Å²) in [4.78, 5) is 0. The van der Waals surface area contributed by atoms with Gasteiger partial charge in [-0.2, -0.15) is 5.26 Å². The summed E-state index contributed by atoms with van der Waals surface area (Å²) >= 11 is 0. The first-order valence-corrected chi connectivity index (χ1v) is 13.0. The molecule has 0 saturated heterocycles. The first-order valence-electron chi connectivity index (χ1n) is 13.0. The molecule has 1 nitrogen and oxygen atoms in total. The number of nitrogens with zero attached hydrogens (tertiary/aromatic N) is 1. The quantitative estimate of drug-likeness (QED) is 0.325. The Bertz CT molecular complexity index is 670. The van der Waals surface area contributed by atoms with Gasteiger partial charge in [0.25, 0.3) is 0 Å². The van der Waals surface area contributed by atoms with E-state index in [1.165, 1.54) is 95.5 Å². The second kappa shape index (κ2) is 13.7. The average Bonchev–Trinajstić information content (AvgIpc) is 2.83. The third-order valence-corrected chi connectivity index (χ3v) is 8.13. The van der Waals surface area contributed by atoms with E-state index in [2.05, 4.69) is 18.2 Å². The fourth-order valence-electron chi connectivity index (χ4n) is 6.01. The predicted octanol–water partition coefficient (Wildman–Crippen LogP) is 9.24. The summed E-state index contributed by atoms with van der Waals surface area (Å²) in [5.41, 5.74) is 2.21. The van der Waals surface area contributed by atoms with Gasteiger partial charge in [0, 0.05) is 0 Å². The summed E-state index contributed by atoms with van der Waals surface area (Å²) in [7, 11) is 0. The van der Waals surface area contributed by atoms with Crippen LogP contribution in [0.3, 0.4) is 0 Å². The maximum Gasteiger partial charge on any atom is 0.0991 e. The standard InChI is InChI=1S/C29H42FN/c30-22-6-4-2-1-3-5-7-24-8-10-25(11-9-24)12-13-26-14-18-28(19-15-26)29-20-16-27(23-31)17-21-29/h6,16-17,20-22,24-26,28H,1-5,7-15,18-19H2/b22-6+. The Hall–Kier alpha value is -1.62. The van der Waals surface area contributed by atoms with Gasteiger partial charge in [0.05, 0.1) is 18.0 Å². The highest BCUT2D eigenvalue weighted by Crippen LogP contribution is 2.40. The van der Waals surface area contributed by atoms with Crippen molar-refractivity contribution < 1.29 is 4.39 Å². The van der Waals surface area contributed by atoms with Crippen molar-refractivity contribution in [1.82, 2.24) is 0 Å². The molecule has 0 spiro atoms. The molecule has 2 aliphatic carbocycles. The molecule has 0 radical (unpaired) electrons. The van der Waals surface area contributed by atoms with Gasteiger partial charge >= 0.3 is 0 Å². The molecule has 170 valence electrons. The monoisotopic (exact) mass is 423 g/mol. The number of hydrogen-bond acceptors (Lipinski definition) is 1. The highest BCUT2D eigenvalue weighted by molar-refractivity contribution is 5.33. The summed E-state index contributed by atoms with van der Waals surface area (Å²) < 4.78 is 11.9. The summed E-state index contributed by atoms with van der Waals surface area (Å²) in [5.74, 6) is 3.61. The van der Waals surface area contributed by atoms with Crippen molar-refractivity contribution in [2.45, 2.75) is 109 Å². The van der Waals surface area contributed by atoms with Crippen LogP contribution in [0.15, 0.2) is 36.7 Å². The molecule has 0 aliphatic heterocycles. The van der Waals surface area contributed by atoms with E-state index in [4.69, 9.17) is 5.26 Å². The SMILES string of the molecule is N#Cc1ccc(C2CCC(CCC3CCC(CCCCCC/C=C/F)CC3)CC2)cc1. The molecule has 1 aromatic rings. The predicted molar refractivity (Wildman–Crippen MR) is 128 cm³/mol. The first-order chi connectivity index (χ1) is 15.3. The molecular formula is C29H42FN. The Morgan fingerprint density at radius 1 is 0.742 bits per heavy atom. The van der Waals surface area contributed by atoms with E-state index in [9.17, 15) is 4.39 Å². The Labute approximate surface area is 190 Å². The number of hydrogen-bond donors (Lipinski definition) is 0. The lowest BCUT2D eigenvalue weighted by atomic mass is 9.74. The van der Waals surface area contributed by atoms with Crippen LogP contribution in [-0.4, -0.2) is 0 Å². The molecule has 0 atom stereocenters. The van der Waals surface area contributed by atoms with Crippen molar-refractivity contribution in [2.75, 3.05) is 0 Å². The van der Waals surface area contributed by atoms with E-state index >= 15 is 0 Å². The molecule has 1 aromatic carbocycles. The van der Waals surface area contributed by atoms with Gasteiger partial charge in [-0.15, -0.1) is 0 Å². The van der Waals surface area contributed by atoms with Crippen LogP contribution in [-0.2, 0) is 0 Å². The van der Waals surface area contributed by atoms with Crippen molar-refractivity contribution in [3.05, 3.63) is 47.8 Å². The zero-order valence-corrected chi connectivity index (χ0v) is 19.4. The second-order valence-electron chi connectivity index (χ2n) is 10.3. The van der Waals surface area contributed by atoms with Crippen LogP contribution < -0.4 is 0 Å². The summed E-state index contributed by atoms with van der Waals surface area (Å²) in [6.45, 7) is 0. The molecule has 2 heteroatoms. The molecule has 0 amide bonds. The average molecular weight is 424 g/mol. The van der Waals surface area contributed by atoms with Gasteiger partial charge in [0.2, 0.25) is 0 Å². The zero-order chi connectivity index (χ0) is 21.7. The smallest absolute Gasteiger partial charge is 0.0991 e. The van der Waals surface area contributed by atoms with Crippen molar-refractivity contribution in [2.24, 2.45) is 17.8 Å². The zero-order valence-electron chi connectivity index (χ0n) is 19.4. The molecule has 0 bridgehead atoms. The van der Waals surface area contributed by atoms with Gasteiger partial charge in [-0.1, -0.05) is 82.4 Å². The summed E-state index contributed by atoms with van der Waals surface area (Å²) in [6, 6.07) is 10.5. The van der Waals surface area contributed by atoms with Gasteiger partial charge in [-0.25, -0.2) is 4.39 Å². The van der Waals surface area contributed by atoms with E-state index in [0.29, 0.717) is 12.2 Å². The minimum atomic E-state index is 0.681. The van der Waals surface area contributed by atoms with Crippen LogP contribution >= 0.6 is 0 Å². The van der Waals surface area contributed by atoms with Crippen LogP contribution in [0.2, 0.25) is 0 Å². The van der Waals surface area contributed by atoms with Crippen molar-refractivity contribution in [3.63, 3.8) is 0 Å². The number of nitriles is 1. The van der Waals surface area contributed by atoms with Crippen LogP contribution in [0.4, 0.5) is 4.39 Å². The van der Waals surface area contributed by atoms with E-state index in [1.54, 1.807) is 6.08 Å². The molecule has 2 saturated carbocycles. The van der Waals surface area contributed by atoms with Gasteiger partial charge in [-0.3, -0.25) is 0 Å². The molecule has 2 aliphatic rings. The highest BCUT2D eigenvalue weighted by Gasteiger charge is 2.25. The number of unbranched alkanes of at least 4 members (excludes halogenated alkanes) is 4. The Morgan fingerprint density at radius 2 is 1.29 bits per heavy atom. The Morgan fingerprint density at radius 3 is 1.87 bits per heavy atom. The topological polar surface area (TPSA) is 23.8 Å². The Balaban J connectivity index is 1.23. The maximum absolute atomic E-state index is 11.9. The van der Waals surface area contributed by atoms with Crippen LogP contribution in [0.25, 0.3) is 0 Å². The lowest BCUT2D eigenvalue weighted by Gasteiger charge is -2.32. The lowest BCUT2D eigenvalue weighted by molar-refractivity contribution is 0.222. The van der Waals surface area contributed by atoms with Gasteiger partial charge in [-0.05, 0) is 79.9 Å². The number of halogens is 1. The van der Waals surface area contributed by atoms with Crippen molar-refractivity contribution >= 4 is 0 Å². The molecule has 0 unspecified atom stereocenters. The third kappa shape index (κ3) is 8.44. The van der Waals surface area contributed by atoms with Gasteiger partial charge < -0.3 is 0 Å². The van der Waals surface area contributed by atoms with Crippen LogP contribution in [0, 0.1) is 29.1 Å². The van der Waals surface area contributed by atoms with Crippen LogP contribution in [0.5, 0.6) is 0 Å². The number of benzene rings is 1. The number of rotatable bonds is 11. The minimum absolute atomic E-state index is 0.681. The lowest BCUT2D eigenvalue weighted by Crippen LogP contribution is -2.17. The van der Waals surface area contributed by atoms with Crippen LogP contribution in [0.1, 0.15) is 120 Å². The molecule has 0 N–H and O–H groups in total. The van der Waals surface area contributed by atoms with Crippen molar-refractivity contribution in [1.29, 1.82) is 5.26 Å². The molecule has 2 fully saturated rings. The van der Waals surface area contributed by atoms with E-state index < -0.39 is 0 Å². The third-order valence-electron chi connectivity index (χ3n) is 8.13. The highest BCUT2D eigenvalue weighted by atomic mass is 19.1. The fraction of sp³-hybridized carbons (Fsp3) is 0.690. The van der Waals surface area contributed by atoms with E-state index in [1.807, 2.05) is 12.1 Å². The maximum atomic E-state index is 11.9. The van der Waals surface area contributed by atoms with Crippen molar-refractivity contribution in [3.8, 4) is 6.07 Å². The number of allylic oxidation sites excluding steroid dienone is 1. The van der Waals surface area contributed by atoms with E-state index in [-0.39, 0.29) is 0 Å². The molecule has 3 rings (SSSR count). The summed E-state index contributed by atoms with van der Waals surface area (Å²) in [6.07, 6.45) is 23.9.